The average Bonchev–Trinajstić information content (AvgIpc) is 3.14. The number of ether oxygens (including phenoxy) is 2. The van der Waals surface area contributed by atoms with Gasteiger partial charge in [-0.2, -0.15) is 0 Å². The van der Waals surface area contributed by atoms with Gasteiger partial charge in [0, 0.05) is 29.7 Å². The molecule has 0 radical (unpaired) electrons. The van der Waals surface area contributed by atoms with Gasteiger partial charge >= 0.3 is 0 Å². The molecule has 0 aliphatic heterocycles. The van der Waals surface area contributed by atoms with Crippen LogP contribution in [-0.4, -0.2) is 38.1 Å². The second-order valence-electron chi connectivity index (χ2n) is 11.0. The zero-order valence-corrected chi connectivity index (χ0v) is 25.8. The molecule has 7 nitrogen and oxygen atoms in total. The summed E-state index contributed by atoms with van der Waals surface area (Å²) in [6.07, 6.45) is 13.8. The summed E-state index contributed by atoms with van der Waals surface area (Å²) in [6, 6.07) is 33.8. The van der Waals surface area contributed by atoms with Crippen molar-refractivity contribution >= 4 is 0 Å². The summed E-state index contributed by atoms with van der Waals surface area (Å²) in [5, 5.41) is 0. The third-order valence-electron chi connectivity index (χ3n) is 7.61. The summed E-state index contributed by atoms with van der Waals surface area (Å²) in [7, 11) is 0. The van der Waals surface area contributed by atoms with Gasteiger partial charge in [-0.15, -0.1) is 0 Å². The van der Waals surface area contributed by atoms with Crippen LogP contribution in [0.1, 0.15) is 38.5 Å². The van der Waals surface area contributed by atoms with E-state index in [1.165, 1.54) is 12.8 Å². The van der Waals surface area contributed by atoms with Crippen LogP contribution in [0.4, 0.5) is 0 Å². The van der Waals surface area contributed by atoms with Crippen molar-refractivity contribution in [2.75, 3.05) is 13.2 Å². The molecule has 7 heteroatoms. The molecule has 46 heavy (non-hydrogen) atoms. The van der Waals surface area contributed by atoms with E-state index in [0.29, 0.717) is 13.2 Å². The first kappa shape index (κ1) is 30.6. The Kier molecular flexibility index (Phi) is 10.7. The third-order valence-corrected chi connectivity index (χ3v) is 7.61. The topological polar surface area (TPSA) is 82.9 Å². The molecule has 1 aromatic carbocycles. The van der Waals surface area contributed by atoms with Crippen LogP contribution in [0.3, 0.4) is 0 Å². The molecule has 0 bridgehead atoms. The molecule has 0 spiro atoms. The Bertz CT molecular complexity index is 1800. The van der Waals surface area contributed by atoms with E-state index >= 15 is 0 Å². The molecule has 6 aromatic rings. The molecule has 5 aromatic heterocycles. The van der Waals surface area contributed by atoms with Crippen molar-refractivity contribution in [1.82, 2.24) is 24.9 Å². The fourth-order valence-corrected chi connectivity index (χ4v) is 5.22. The molecular formula is C39H37N5O2. The van der Waals surface area contributed by atoms with Gasteiger partial charge in [-0.3, -0.25) is 19.9 Å². The van der Waals surface area contributed by atoms with E-state index in [2.05, 4.69) is 38.1 Å². The van der Waals surface area contributed by atoms with Gasteiger partial charge in [0.25, 0.3) is 0 Å². The van der Waals surface area contributed by atoms with Crippen molar-refractivity contribution in [1.29, 1.82) is 0 Å². The lowest BCUT2D eigenvalue weighted by Gasteiger charge is -2.12. The largest absolute Gasteiger partial charge is 0.492 e. The number of unbranched alkanes of at least 4 members (excludes halogenated alkanes) is 5. The van der Waals surface area contributed by atoms with Crippen LogP contribution in [0.15, 0.2) is 128 Å². The van der Waals surface area contributed by atoms with Crippen LogP contribution in [-0.2, 0) is 0 Å². The molecule has 0 saturated heterocycles. The second kappa shape index (κ2) is 16.0. The number of rotatable bonds is 15. The minimum absolute atomic E-state index is 0.674. The Morgan fingerprint density at radius 1 is 0.435 bits per heavy atom. The summed E-state index contributed by atoms with van der Waals surface area (Å²) in [4.78, 5) is 22.8. The van der Waals surface area contributed by atoms with E-state index < -0.39 is 0 Å². The zero-order valence-electron chi connectivity index (χ0n) is 25.8. The molecule has 6 rings (SSSR count). The third kappa shape index (κ3) is 8.39. The first-order chi connectivity index (χ1) is 22.8. The molecule has 0 atom stereocenters. The van der Waals surface area contributed by atoms with E-state index in [9.17, 15) is 0 Å². The number of aromatic nitrogens is 5. The van der Waals surface area contributed by atoms with Crippen LogP contribution in [0.5, 0.6) is 11.5 Å². The number of benzene rings is 1. The van der Waals surface area contributed by atoms with E-state index in [0.717, 1.165) is 82.5 Å². The SMILES string of the molecule is c1ccc(-c2cccc(-c3ncccc3OCCCCCCCCOc3ccc(-c4cccc(-c5ccccn5)n4)nc3)c2)nc1. The van der Waals surface area contributed by atoms with Crippen LogP contribution in [0.25, 0.3) is 45.3 Å². The highest BCUT2D eigenvalue weighted by Gasteiger charge is 2.10. The van der Waals surface area contributed by atoms with Gasteiger partial charge in [-0.25, -0.2) is 4.98 Å². The lowest BCUT2D eigenvalue weighted by Crippen LogP contribution is -2.00. The van der Waals surface area contributed by atoms with E-state index in [-0.39, 0.29) is 0 Å². The highest BCUT2D eigenvalue weighted by molar-refractivity contribution is 5.72. The Balaban J connectivity index is 0.876. The van der Waals surface area contributed by atoms with Gasteiger partial charge in [0.2, 0.25) is 0 Å². The molecule has 0 saturated carbocycles. The molecule has 0 aliphatic rings. The maximum absolute atomic E-state index is 6.18. The predicted molar refractivity (Wildman–Crippen MR) is 182 cm³/mol. The summed E-state index contributed by atoms with van der Waals surface area (Å²) in [6.45, 7) is 1.36. The van der Waals surface area contributed by atoms with Gasteiger partial charge in [0.1, 0.15) is 17.2 Å². The Morgan fingerprint density at radius 2 is 1.07 bits per heavy atom. The Labute approximate surface area is 270 Å². The Hall–Kier alpha value is -5.43. The zero-order chi connectivity index (χ0) is 31.2. The van der Waals surface area contributed by atoms with Crippen LogP contribution in [0, 0.1) is 0 Å². The molecule has 0 aliphatic carbocycles. The Morgan fingerprint density at radius 3 is 1.78 bits per heavy atom. The van der Waals surface area contributed by atoms with Crippen LogP contribution < -0.4 is 9.47 Å². The lowest BCUT2D eigenvalue weighted by atomic mass is 10.0. The van der Waals surface area contributed by atoms with Crippen molar-refractivity contribution in [3.05, 3.63) is 128 Å². The summed E-state index contributed by atoms with van der Waals surface area (Å²) >= 11 is 0. The van der Waals surface area contributed by atoms with Gasteiger partial charge in [-0.05, 0) is 79.6 Å². The summed E-state index contributed by atoms with van der Waals surface area (Å²) in [5.41, 5.74) is 7.18. The summed E-state index contributed by atoms with van der Waals surface area (Å²) in [5.74, 6) is 1.59. The normalized spacial score (nSPS) is 10.9. The molecule has 0 amide bonds. The van der Waals surface area contributed by atoms with Gasteiger partial charge in [-0.1, -0.05) is 62.1 Å². The minimum Gasteiger partial charge on any atom is -0.492 e. The van der Waals surface area contributed by atoms with Gasteiger partial charge in [0.05, 0.1) is 47.9 Å². The molecule has 5 heterocycles. The van der Waals surface area contributed by atoms with Crippen molar-refractivity contribution in [3.8, 4) is 56.8 Å². The molecule has 0 N–H and O–H groups in total. The average molecular weight is 608 g/mol. The van der Waals surface area contributed by atoms with E-state index in [1.54, 1.807) is 12.4 Å². The molecule has 0 unspecified atom stereocenters. The number of pyridine rings is 5. The molecule has 230 valence electrons. The van der Waals surface area contributed by atoms with E-state index in [1.807, 2.05) is 97.3 Å². The molecular weight excluding hydrogens is 570 g/mol. The number of hydrogen-bond donors (Lipinski definition) is 0. The maximum Gasteiger partial charge on any atom is 0.145 e. The van der Waals surface area contributed by atoms with Crippen molar-refractivity contribution in [2.24, 2.45) is 0 Å². The van der Waals surface area contributed by atoms with Crippen LogP contribution in [0.2, 0.25) is 0 Å². The maximum atomic E-state index is 6.18. The fourth-order valence-electron chi connectivity index (χ4n) is 5.22. The highest BCUT2D eigenvalue weighted by atomic mass is 16.5. The summed E-state index contributed by atoms with van der Waals surface area (Å²) < 4.78 is 12.1. The standard InChI is InChI=1S/C39H37N5O2/c1(3-9-26-45-32-21-22-35(43-29-32)37-19-12-18-36(44-37)34-17-6-8-24-41-34)2-4-10-27-46-38-20-13-25-42-39(38)31-15-11-14-30(28-31)33-16-5-7-23-40-33/h5-8,11-25,28-29H,1-4,9-10,26-27H2. The number of hydrogen-bond acceptors (Lipinski definition) is 7. The predicted octanol–water partition coefficient (Wildman–Crippen LogP) is 9.13. The smallest absolute Gasteiger partial charge is 0.145 e. The second-order valence-corrected chi connectivity index (χ2v) is 11.0. The molecule has 0 fully saturated rings. The van der Waals surface area contributed by atoms with E-state index in [4.69, 9.17) is 14.5 Å². The quantitative estimate of drug-likeness (QED) is 0.108. The first-order valence-corrected chi connectivity index (χ1v) is 15.9. The van der Waals surface area contributed by atoms with Crippen molar-refractivity contribution in [3.63, 3.8) is 0 Å². The van der Waals surface area contributed by atoms with Crippen molar-refractivity contribution < 1.29 is 9.47 Å². The monoisotopic (exact) mass is 607 g/mol. The number of nitrogens with zero attached hydrogens (tertiary/aromatic N) is 5. The highest BCUT2D eigenvalue weighted by Crippen LogP contribution is 2.30. The van der Waals surface area contributed by atoms with Crippen molar-refractivity contribution in [2.45, 2.75) is 38.5 Å². The minimum atomic E-state index is 0.674. The first-order valence-electron chi connectivity index (χ1n) is 15.9. The van der Waals surface area contributed by atoms with Gasteiger partial charge in [0.15, 0.2) is 0 Å². The lowest BCUT2D eigenvalue weighted by molar-refractivity contribution is 0.296. The fraction of sp³-hybridized carbons (Fsp3) is 0.205. The van der Waals surface area contributed by atoms with Crippen LogP contribution >= 0.6 is 0 Å². The van der Waals surface area contributed by atoms with Gasteiger partial charge < -0.3 is 9.47 Å².